The molecule has 1 saturated heterocycles. The molecule has 0 spiro atoms. The lowest BCUT2D eigenvalue weighted by atomic mass is 10.2. The second-order valence-electron chi connectivity index (χ2n) is 9.67. The third kappa shape index (κ3) is 8.31. The highest BCUT2D eigenvalue weighted by Gasteiger charge is 2.24. The third-order valence-corrected chi connectivity index (χ3v) is 6.86. The molecule has 4 rings (SSSR count). The molecular formula is C27H33N3O3S3. The van der Waals surface area contributed by atoms with Gasteiger partial charge >= 0.3 is 0 Å². The lowest BCUT2D eigenvalue weighted by Crippen LogP contribution is -2.33. The van der Waals surface area contributed by atoms with Crippen molar-refractivity contribution in [3.05, 3.63) is 89.1 Å². The molecule has 1 aliphatic heterocycles. The van der Waals surface area contributed by atoms with E-state index in [0.717, 1.165) is 37.0 Å². The summed E-state index contributed by atoms with van der Waals surface area (Å²) < 4.78 is 31.3. The molecule has 9 heteroatoms. The van der Waals surface area contributed by atoms with E-state index in [4.69, 9.17) is 22.1 Å². The number of ether oxygens (including phenoxy) is 1. The number of hydrogen-bond acceptors (Lipinski definition) is 5. The minimum atomic E-state index is -4.26. The molecule has 1 fully saturated rings. The van der Waals surface area contributed by atoms with Crippen molar-refractivity contribution in [3.8, 4) is 11.5 Å². The molecule has 3 aromatic carbocycles. The lowest BCUT2D eigenvalue weighted by molar-refractivity contribution is -0.884. The average Bonchev–Trinajstić information content (AvgIpc) is 3.34. The van der Waals surface area contributed by atoms with E-state index < -0.39 is 10.0 Å². The van der Waals surface area contributed by atoms with Crippen LogP contribution in [-0.2, 0) is 16.6 Å². The molecule has 6 nitrogen and oxygen atoms in total. The predicted octanol–water partition coefficient (Wildman–Crippen LogP) is 6.32. The molecule has 1 N–H and O–H groups in total. The van der Waals surface area contributed by atoms with Gasteiger partial charge in [-0.2, -0.15) is 0 Å². The van der Waals surface area contributed by atoms with Crippen molar-refractivity contribution < 1.29 is 17.6 Å². The summed E-state index contributed by atoms with van der Waals surface area (Å²) in [4.78, 5) is 1.86. The molecule has 0 saturated carbocycles. The molecule has 0 radical (unpaired) electrons. The van der Waals surface area contributed by atoms with Gasteiger partial charge in [0.1, 0.15) is 22.3 Å². The lowest BCUT2D eigenvalue weighted by Gasteiger charge is -2.25. The Morgan fingerprint density at radius 3 is 2.06 bits per heavy atom. The topological polar surface area (TPSA) is 70.4 Å². The summed E-state index contributed by atoms with van der Waals surface area (Å²) in [5, 5.41) is 7.59. The Balaban J connectivity index is 0.000000275. The SMILES string of the molecule is C[N+](C)(C)Cc1ccccc1.[NH-]S(=O)(=O)c1cc(C(=S)S)cc(N2CCCC2)c1Oc1ccccc1. The number of thiocarbonyl (C=S) groups is 1. The van der Waals surface area contributed by atoms with Crippen molar-refractivity contribution in [1.82, 2.24) is 0 Å². The molecule has 192 valence electrons. The Morgan fingerprint density at radius 1 is 1.00 bits per heavy atom. The first kappa shape index (κ1) is 28.1. The molecule has 1 heterocycles. The first-order valence-corrected chi connectivity index (χ1v) is 14.0. The van der Waals surface area contributed by atoms with E-state index in [1.807, 2.05) is 6.07 Å². The average molecular weight is 544 g/mol. The van der Waals surface area contributed by atoms with Crippen LogP contribution >= 0.6 is 24.8 Å². The second-order valence-corrected chi connectivity index (χ2v) is 12.3. The highest BCUT2D eigenvalue weighted by molar-refractivity contribution is 8.11. The van der Waals surface area contributed by atoms with Gasteiger partial charge in [0.15, 0.2) is 5.75 Å². The number of para-hydroxylation sites is 1. The van der Waals surface area contributed by atoms with Crippen molar-refractivity contribution in [3.63, 3.8) is 0 Å². The van der Waals surface area contributed by atoms with Crippen LogP contribution in [0.4, 0.5) is 5.69 Å². The highest BCUT2D eigenvalue weighted by atomic mass is 32.2. The van der Waals surface area contributed by atoms with Crippen LogP contribution in [0.2, 0.25) is 0 Å². The van der Waals surface area contributed by atoms with Gasteiger partial charge in [0.05, 0.1) is 35.9 Å². The van der Waals surface area contributed by atoms with Gasteiger partial charge < -0.3 is 19.3 Å². The molecule has 0 atom stereocenters. The molecular weight excluding hydrogens is 511 g/mol. The quantitative estimate of drug-likeness (QED) is 0.215. The normalized spacial score (nSPS) is 13.6. The van der Waals surface area contributed by atoms with Gasteiger partial charge in [-0.25, -0.2) is 8.42 Å². The molecule has 1 aliphatic rings. The summed E-state index contributed by atoms with van der Waals surface area (Å²) in [5.41, 5.74) is 2.52. The van der Waals surface area contributed by atoms with E-state index in [0.29, 0.717) is 17.0 Å². The Labute approximate surface area is 225 Å². The maximum absolute atomic E-state index is 12.1. The Hall–Kier alpha value is -2.43. The number of quaternary nitrogens is 1. The zero-order valence-corrected chi connectivity index (χ0v) is 23.4. The van der Waals surface area contributed by atoms with Crippen LogP contribution < -0.4 is 9.64 Å². The van der Waals surface area contributed by atoms with Crippen molar-refractivity contribution in [2.24, 2.45) is 0 Å². The van der Waals surface area contributed by atoms with Gasteiger partial charge in [-0.3, -0.25) is 0 Å². The van der Waals surface area contributed by atoms with Crippen LogP contribution in [0.25, 0.3) is 5.14 Å². The molecule has 0 aliphatic carbocycles. The summed E-state index contributed by atoms with van der Waals surface area (Å²) in [6.07, 6.45) is 2.03. The van der Waals surface area contributed by atoms with Crippen LogP contribution in [0.3, 0.4) is 0 Å². The number of sulfonamides is 1. The van der Waals surface area contributed by atoms with Crippen LogP contribution in [-0.4, -0.2) is 51.3 Å². The summed E-state index contributed by atoms with van der Waals surface area (Å²) >= 11 is 9.27. The van der Waals surface area contributed by atoms with Crippen molar-refractivity contribution in [1.29, 1.82) is 0 Å². The minimum absolute atomic E-state index is 0.163. The number of anilines is 1. The summed E-state index contributed by atoms with van der Waals surface area (Å²) in [6.45, 7) is 2.69. The van der Waals surface area contributed by atoms with Crippen LogP contribution in [0.15, 0.2) is 77.7 Å². The molecule has 0 bridgehead atoms. The van der Waals surface area contributed by atoms with E-state index in [9.17, 15) is 8.42 Å². The van der Waals surface area contributed by atoms with E-state index in [2.05, 4.69) is 69.0 Å². The smallest absolute Gasteiger partial charge is 0.167 e. The fourth-order valence-corrected chi connectivity index (χ4v) is 4.86. The molecule has 36 heavy (non-hydrogen) atoms. The molecule has 0 aromatic heterocycles. The van der Waals surface area contributed by atoms with Gasteiger partial charge in [-0.15, -0.1) is 12.6 Å². The Bertz CT molecular complexity index is 1270. The maximum atomic E-state index is 12.1. The standard InChI is InChI=1S/C17H18N2O3S3.C10H16N/c18-25(20,21)15-11-12(17(23)24)10-14(19-8-4-5-9-19)16(15)22-13-6-2-1-3-7-13;1-11(2,3)9-10-7-5-4-6-8-10/h1-3,6-7,10-11H,4-5,8-9H2,(H3,18,20,21,23,24);4-8H,9H2,1-3H3/q;+1/p-1. The highest BCUT2D eigenvalue weighted by Crippen LogP contribution is 2.41. The summed E-state index contributed by atoms with van der Waals surface area (Å²) in [5.74, 6) is 0.672. The number of thiol groups is 1. The zero-order chi connectivity index (χ0) is 26.3. The summed E-state index contributed by atoms with van der Waals surface area (Å²) in [7, 11) is 2.35. The van der Waals surface area contributed by atoms with E-state index in [1.54, 1.807) is 30.3 Å². The third-order valence-electron chi connectivity index (χ3n) is 5.48. The fraction of sp³-hybridized carbons (Fsp3) is 0.296. The van der Waals surface area contributed by atoms with Gasteiger partial charge in [0, 0.05) is 24.2 Å². The molecule has 0 amide bonds. The largest absolute Gasteiger partial charge is 0.560 e. The summed E-state index contributed by atoms with van der Waals surface area (Å²) in [6, 6.07) is 22.6. The second kappa shape index (κ2) is 12.2. The molecule has 3 aromatic rings. The first-order valence-electron chi connectivity index (χ1n) is 11.7. The number of rotatable bonds is 7. The van der Waals surface area contributed by atoms with E-state index >= 15 is 0 Å². The maximum Gasteiger partial charge on any atom is 0.167 e. The first-order chi connectivity index (χ1) is 16.9. The van der Waals surface area contributed by atoms with Crippen LogP contribution in [0, 0.1) is 0 Å². The van der Waals surface area contributed by atoms with Crippen molar-refractivity contribution in [2.45, 2.75) is 24.3 Å². The van der Waals surface area contributed by atoms with Gasteiger partial charge in [0.2, 0.25) is 0 Å². The van der Waals surface area contributed by atoms with E-state index in [1.165, 1.54) is 11.6 Å². The Morgan fingerprint density at radius 2 is 1.56 bits per heavy atom. The van der Waals surface area contributed by atoms with E-state index in [-0.39, 0.29) is 14.8 Å². The van der Waals surface area contributed by atoms with Crippen LogP contribution in [0.5, 0.6) is 11.5 Å². The Kier molecular flexibility index (Phi) is 9.54. The number of hydrogen-bond donors (Lipinski definition) is 1. The zero-order valence-electron chi connectivity index (χ0n) is 20.8. The van der Waals surface area contributed by atoms with Crippen molar-refractivity contribution in [2.75, 3.05) is 39.1 Å². The van der Waals surface area contributed by atoms with Crippen molar-refractivity contribution >= 4 is 44.8 Å². The monoisotopic (exact) mass is 543 g/mol. The van der Waals surface area contributed by atoms with Crippen LogP contribution in [0.1, 0.15) is 24.0 Å². The van der Waals surface area contributed by atoms with Gasteiger partial charge in [-0.05, 0) is 37.1 Å². The minimum Gasteiger partial charge on any atom is -0.560 e. The van der Waals surface area contributed by atoms with Gasteiger partial charge in [-0.1, -0.05) is 60.7 Å². The fourth-order valence-electron chi connectivity index (χ4n) is 3.94. The number of benzene rings is 3. The predicted molar refractivity (Wildman–Crippen MR) is 155 cm³/mol. The molecule has 0 unspecified atom stereocenters. The van der Waals surface area contributed by atoms with Gasteiger partial charge in [0.25, 0.3) is 0 Å². The number of nitrogens with zero attached hydrogens (tertiary/aromatic N) is 2. The number of nitrogens with one attached hydrogen (secondary N) is 1.